The standard InChI is InChI=1S/C14H18O2/c1-14-9-5-8-12(14)16-13(15-10-14)11-6-3-2-4-7-11/h2-4,6-7,12-13H,5,8-10H2,1H3/t12-,13+,14+/m0/s1. The Bertz CT molecular complexity index is 362. The van der Waals surface area contributed by atoms with Gasteiger partial charge in [-0.05, 0) is 12.8 Å². The van der Waals surface area contributed by atoms with E-state index in [4.69, 9.17) is 9.47 Å². The highest BCUT2D eigenvalue weighted by Crippen LogP contribution is 2.46. The van der Waals surface area contributed by atoms with E-state index in [1.54, 1.807) is 0 Å². The van der Waals surface area contributed by atoms with Crippen LogP contribution in [0.4, 0.5) is 0 Å². The number of ether oxygens (including phenoxy) is 2. The summed E-state index contributed by atoms with van der Waals surface area (Å²) in [7, 11) is 0. The predicted octanol–water partition coefficient (Wildman–Crippen LogP) is 3.29. The maximum Gasteiger partial charge on any atom is 0.184 e. The fourth-order valence-electron chi connectivity index (χ4n) is 2.84. The van der Waals surface area contributed by atoms with Crippen molar-refractivity contribution in [3.8, 4) is 0 Å². The molecule has 0 radical (unpaired) electrons. The fourth-order valence-corrected chi connectivity index (χ4v) is 2.84. The minimum Gasteiger partial charge on any atom is -0.348 e. The smallest absolute Gasteiger partial charge is 0.184 e. The van der Waals surface area contributed by atoms with Gasteiger partial charge in [-0.1, -0.05) is 43.7 Å². The summed E-state index contributed by atoms with van der Waals surface area (Å²) in [6.07, 6.45) is 3.91. The van der Waals surface area contributed by atoms with Gasteiger partial charge in [0.25, 0.3) is 0 Å². The SMILES string of the molecule is C[C@]12CCC[C@@H]1O[C@H](c1ccccc1)OC2. The molecule has 1 saturated carbocycles. The van der Waals surface area contributed by atoms with Crippen LogP contribution in [0.15, 0.2) is 30.3 Å². The van der Waals surface area contributed by atoms with Crippen LogP contribution in [0.3, 0.4) is 0 Å². The van der Waals surface area contributed by atoms with Crippen molar-refractivity contribution >= 4 is 0 Å². The maximum absolute atomic E-state index is 6.08. The molecule has 16 heavy (non-hydrogen) atoms. The monoisotopic (exact) mass is 218 g/mol. The molecule has 0 aromatic heterocycles. The molecule has 3 rings (SSSR count). The first kappa shape index (κ1) is 10.3. The second-order valence-corrected chi connectivity index (χ2v) is 5.22. The van der Waals surface area contributed by atoms with Crippen LogP contribution in [0.2, 0.25) is 0 Å². The molecule has 1 heterocycles. The van der Waals surface area contributed by atoms with Gasteiger partial charge in [0.05, 0.1) is 12.7 Å². The number of hydrogen-bond donors (Lipinski definition) is 0. The third-order valence-corrected chi connectivity index (χ3v) is 3.92. The Labute approximate surface area is 96.6 Å². The quantitative estimate of drug-likeness (QED) is 0.720. The summed E-state index contributed by atoms with van der Waals surface area (Å²) in [6, 6.07) is 10.2. The average Bonchev–Trinajstić information content (AvgIpc) is 2.70. The zero-order chi connectivity index (χ0) is 11.0. The molecule has 0 unspecified atom stereocenters. The zero-order valence-electron chi connectivity index (χ0n) is 9.69. The third kappa shape index (κ3) is 1.66. The van der Waals surface area contributed by atoms with Gasteiger partial charge in [-0.25, -0.2) is 0 Å². The van der Waals surface area contributed by atoms with Crippen LogP contribution in [0, 0.1) is 5.41 Å². The van der Waals surface area contributed by atoms with E-state index in [1.165, 1.54) is 19.3 Å². The largest absolute Gasteiger partial charge is 0.348 e. The van der Waals surface area contributed by atoms with E-state index in [0.717, 1.165) is 12.2 Å². The van der Waals surface area contributed by atoms with Gasteiger partial charge in [0.2, 0.25) is 0 Å². The lowest BCUT2D eigenvalue weighted by molar-refractivity contribution is -0.259. The van der Waals surface area contributed by atoms with Gasteiger partial charge >= 0.3 is 0 Å². The lowest BCUT2D eigenvalue weighted by Gasteiger charge is -2.40. The molecule has 2 fully saturated rings. The van der Waals surface area contributed by atoms with Crippen molar-refractivity contribution in [3.05, 3.63) is 35.9 Å². The molecule has 0 spiro atoms. The molecule has 1 aromatic carbocycles. The molecule has 2 aliphatic rings. The summed E-state index contributed by atoms with van der Waals surface area (Å²) >= 11 is 0. The third-order valence-electron chi connectivity index (χ3n) is 3.92. The normalized spacial score (nSPS) is 38.3. The average molecular weight is 218 g/mol. The summed E-state index contributed by atoms with van der Waals surface area (Å²) < 4.78 is 11.9. The molecule has 1 aliphatic carbocycles. The molecule has 0 bridgehead atoms. The lowest BCUT2D eigenvalue weighted by atomic mass is 9.86. The molecular weight excluding hydrogens is 200 g/mol. The van der Waals surface area contributed by atoms with Crippen molar-refractivity contribution in [3.63, 3.8) is 0 Å². The minimum atomic E-state index is -0.155. The first-order valence-electron chi connectivity index (χ1n) is 6.10. The summed E-state index contributed by atoms with van der Waals surface area (Å²) in [5.41, 5.74) is 1.39. The minimum absolute atomic E-state index is 0.155. The van der Waals surface area contributed by atoms with E-state index >= 15 is 0 Å². The summed E-state index contributed by atoms with van der Waals surface area (Å²) in [4.78, 5) is 0. The molecule has 3 atom stereocenters. The van der Waals surface area contributed by atoms with Crippen LogP contribution in [0.25, 0.3) is 0 Å². The lowest BCUT2D eigenvalue weighted by Crippen LogP contribution is -2.40. The summed E-state index contributed by atoms with van der Waals surface area (Å²) in [5.74, 6) is 0. The Morgan fingerprint density at radius 3 is 2.88 bits per heavy atom. The van der Waals surface area contributed by atoms with Crippen LogP contribution in [-0.4, -0.2) is 12.7 Å². The first-order chi connectivity index (χ1) is 7.78. The fraction of sp³-hybridized carbons (Fsp3) is 0.571. The summed E-state index contributed by atoms with van der Waals surface area (Å²) in [5, 5.41) is 0. The van der Waals surface area contributed by atoms with Gasteiger partial charge in [0, 0.05) is 11.0 Å². The topological polar surface area (TPSA) is 18.5 Å². The van der Waals surface area contributed by atoms with Crippen molar-refractivity contribution in [2.45, 2.75) is 38.6 Å². The Hall–Kier alpha value is -0.860. The van der Waals surface area contributed by atoms with Crippen molar-refractivity contribution < 1.29 is 9.47 Å². The summed E-state index contributed by atoms with van der Waals surface area (Å²) in [6.45, 7) is 3.11. The maximum atomic E-state index is 6.08. The Morgan fingerprint density at radius 2 is 2.06 bits per heavy atom. The van der Waals surface area contributed by atoms with Crippen LogP contribution < -0.4 is 0 Å². The van der Waals surface area contributed by atoms with E-state index in [2.05, 4.69) is 19.1 Å². The van der Waals surface area contributed by atoms with Crippen molar-refractivity contribution in [1.82, 2.24) is 0 Å². The van der Waals surface area contributed by atoms with Crippen LogP contribution in [-0.2, 0) is 9.47 Å². The van der Waals surface area contributed by atoms with Crippen molar-refractivity contribution in [2.24, 2.45) is 5.41 Å². The molecule has 0 amide bonds. The molecule has 86 valence electrons. The molecule has 2 heteroatoms. The second-order valence-electron chi connectivity index (χ2n) is 5.22. The highest BCUT2D eigenvalue weighted by molar-refractivity contribution is 5.16. The van der Waals surface area contributed by atoms with Crippen molar-refractivity contribution in [2.75, 3.05) is 6.61 Å². The van der Waals surface area contributed by atoms with Crippen LogP contribution in [0.1, 0.15) is 38.0 Å². The van der Waals surface area contributed by atoms with E-state index in [1.807, 2.05) is 18.2 Å². The van der Waals surface area contributed by atoms with Crippen molar-refractivity contribution in [1.29, 1.82) is 0 Å². The Morgan fingerprint density at radius 1 is 1.25 bits per heavy atom. The van der Waals surface area contributed by atoms with Gasteiger partial charge in [0.1, 0.15) is 0 Å². The Balaban J connectivity index is 1.77. The molecule has 0 N–H and O–H groups in total. The Kier molecular flexibility index (Phi) is 2.49. The molecule has 1 saturated heterocycles. The first-order valence-corrected chi connectivity index (χ1v) is 6.10. The van der Waals surface area contributed by atoms with Gasteiger partial charge in [-0.3, -0.25) is 0 Å². The number of fused-ring (bicyclic) bond motifs is 1. The number of hydrogen-bond acceptors (Lipinski definition) is 2. The van der Waals surface area contributed by atoms with Gasteiger partial charge < -0.3 is 9.47 Å². The second kappa shape index (κ2) is 3.86. The van der Waals surface area contributed by atoms with E-state index < -0.39 is 0 Å². The van der Waals surface area contributed by atoms with Gasteiger partial charge in [-0.2, -0.15) is 0 Å². The molecular formula is C14H18O2. The van der Waals surface area contributed by atoms with E-state index in [9.17, 15) is 0 Å². The van der Waals surface area contributed by atoms with Gasteiger partial charge in [0.15, 0.2) is 6.29 Å². The zero-order valence-corrected chi connectivity index (χ0v) is 9.69. The highest BCUT2D eigenvalue weighted by atomic mass is 16.7. The predicted molar refractivity (Wildman–Crippen MR) is 62.0 cm³/mol. The van der Waals surface area contributed by atoms with Crippen LogP contribution in [0.5, 0.6) is 0 Å². The highest BCUT2D eigenvalue weighted by Gasteiger charge is 2.45. The molecule has 1 aromatic rings. The molecule has 1 aliphatic heterocycles. The van der Waals surface area contributed by atoms with Crippen LogP contribution >= 0.6 is 0 Å². The van der Waals surface area contributed by atoms with Gasteiger partial charge in [-0.15, -0.1) is 0 Å². The molecule has 2 nitrogen and oxygen atoms in total. The number of rotatable bonds is 1. The van der Waals surface area contributed by atoms with E-state index in [0.29, 0.717) is 6.10 Å². The number of benzene rings is 1. The van der Waals surface area contributed by atoms with E-state index in [-0.39, 0.29) is 11.7 Å².